The molecular weight excluding hydrogens is 220 g/mol. The lowest BCUT2D eigenvalue weighted by Crippen LogP contribution is -2.02. The van der Waals surface area contributed by atoms with E-state index >= 15 is 0 Å². The van der Waals surface area contributed by atoms with Crippen LogP contribution in [-0.2, 0) is 6.42 Å². The minimum atomic E-state index is 0.349. The number of ether oxygens (including phenoxy) is 1. The van der Waals surface area contributed by atoms with Crippen LogP contribution < -0.4 is 15.8 Å². The maximum atomic E-state index is 5.40. The van der Waals surface area contributed by atoms with Crippen LogP contribution in [0.4, 0.5) is 11.7 Å². The Morgan fingerprint density at radius 2 is 2.29 bits per heavy atom. The molecule has 0 bridgehead atoms. The average molecular weight is 234 g/mol. The minimum absolute atomic E-state index is 0.349. The molecule has 3 N–H and O–H groups in total. The van der Waals surface area contributed by atoms with Crippen LogP contribution in [0.5, 0.6) is 5.75 Å². The topological polar surface area (TPSA) is 86.2 Å². The number of nitrogens with two attached hydrogens (primary N) is 1. The number of nitrogens with one attached hydrogen (secondary N) is 1. The third kappa shape index (κ3) is 2.94. The number of hydrogen-bond donors (Lipinski definition) is 2. The summed E-state index contributed by atoms with van der Waals surface area (Å²) in [6, 6.07) is 7.81. The van der Waals surface area contributed by atoms with Gasteiger partial charge in [0.1, 0.15) is 5.75 Å². The smallest absolute Gasteiger partial charge is 0.320 e. The Morgan fingerprint density at radius 1 is 1.41 bits per heavy atom. The predicted molar refractivity (Wildman–Crippen MR) is 63.3 cm³/mol. The van der Waals surface area contributed by atoms with E-state index in [4.69, 9.17) is 14.9 Å². The second-order valence-corrected chi connectivity index (χ2v) is 3.40. The summed E-state index contributed by atoms with van der Waals surface area (Å²) in [6.45, 7) is 0.487. The Kier molecular flexibility index (Phi) is 3.56. The third-order valence-corrected chi connectivity index (χ3v) is 2.15. The zero-order valence-electron chi connectivity index (χ0n) is 9.51. The summed E-state index contributed by atoms with van der Waals surface area (Å²) in [4.78, 5) is 0. The van der Waals surface area contributed by atoms with Gasteiger partial charge in [-0.1, -0.05) is 11.2 Å². The van der Waals surface area contributed by atoms with E-state index in [9.17, 15) is 0 Å². The van der Waals surface area contributed by atoms with Gasteiger partial charge in [0.2, 0.25) is 5.89 Å². The van der Waals surface area contributed by atoms with Gasteiger partial charge in [-0.2, -0.15) is 0 Å². The molecule has 0 aliphatic rings. The van der Waals surface area contributed by atoms with Crippen LogP contribution in [-0.4, -0.2) is 23.9 Å². The van der Waals surface area contributed by atoms with Gasteiger partial charge in [-0.05, 0) is 12.1 Å². The largest absolute Gasteiger partial charge is 0.497 e. The number of anilines is 2. The Morgan fingerprint density at radius 3 is 3.06 bits per heavy atom. The van der Waals surface area contributed by atoms with E-state index in [-0.39, 0.29) is 0 Å². The van der Waals surface area contributed by atoms with Crippen molar-refractivity contribution in [1.29, 1.82) is 0 Å². The van der Waals surface area contributed by atoms with Crippen molar-refractivity contribution in [2.24, 2.45) is 5.73 Å². The van der Waals surface area contributed by atoms with Crippen molar-refractivity contribution >= 4 is 11.7 Å². The number of hydrogen-bond acceptors (Lipinski definition) is 6. The molecule has 0 aliphatic carbocycles. The first-order valence-electron chi connectivity index (χ1n) is 5.25. The maximum Gasteiger partial charge on any atom is 0.320 e. The Balaban J connectivity index is 2.08. The number of nitrogens with zero attached hydrogens (tertiary/aromatic N) is 2. The summed E-state index contributed by atoms with van der Waals surface area (Å²) in [7, 11) is 1.62. The van der Waals surface area contributed by atoms with Gasteiger partial charge < -0.3 is 20.2 Å². The molecule has 0 aliphatic heterocycles. The summed E-state index contributed by atoms with van der Waals surface area (Å²) in [5, 5.41) is 10.7. The van der Waals surface area contributed by atoms with E-state index in [0.29, 0.717) is 24.9 Å². The van der Waals surface area contributed by atoms with Gasteiger partial charge in [0, 0.05) is 24.7 Å². The Hall–Kier alpha value is -2.08. The van der Waals surface area contributed by atoms with Gasteiger partial charge in [-0.15, -0.1) is 5.10 Å². The Bertz CT molecular complexity index is 484. The third-order valence-electron chi connectivity index (χ3n) is 2.15. The second kappa shape index (κ2) is 5.31. The number of rotatable bonds is 5. The molecule has 1 aromatic carbocycles. The quantitative estimate of drug-likeness (QED) is 0.811. The molecule has 0 radical (unpaired) electrons. The van der Waals surface area contributed by atoms with E-state index in [1.807, 2.05) is 24.3 Å². The molecule has 6 heteroatoms. The van der Waals surface area contributed by atoms with E-state index < -0.39 is 0 Å². The normalized spacial score (nSPS) is 10.2. The summed E-state index contributed by atoms with van der Waals surface area (Å²) < 4.78 is 10.5. The van der Waals surface area contributed by atoms with Crippen molar-refractivity contribution in [3.05, 3.63) is 30.2 Å². The molecule has 1 heterocycles. The highest BCUT2D eigenvalue weighted by Crippen LogP contribution is 2.20. The maximum absolute atomic E-state index is 5.40. The molecule has 2 rings (SSSR count). The summed E-state index contributed by atoms with van der Waals surface area (Å²) >= 11 is 0. The molecule has 17 heavy (non-hydrogen) atoms. The van der Waals surface area contributed by atoms with Gasteiger partial charge in [0.25, 0.3) is 0 Å². The highest BCUT2D eigenvalue weighted by atomic mass is 16.5. The fourth-order valence-corrected chi connectivity index (χ4v) is 1.35. The zero-order chi connectivity index (χ0) is 12.1. The molecule has 90 valence electrons. The highest BCUT2D eigenvalue weighted by molar-refractivity contribution is 5.54. The van der Waals surface area contributed by atoms with Crippen molar-refractivity contribution in [2.45, 2.75) is 6.42 Å². The molecular formula is C11H14N4O2. The first kappa shape index (κ1) is 11.4. The molecule has 0 amide bonds. The number of benzene rings is 1. The van der Waals surface area contributed by atoms with Gasteiger partial charge in [0.05, 0.1) is 7.11 Å². The van der Waals surface area contributed by atoms with Gasteiger partial charge >= 0.3 is 6.01 Å². The molecule has 2 aromatic rings. The van der Waals surface area contributed by atoms with Crippen molar-refractivity contribution in [3.8, 4) is 5.75 Å². The first-order chi connectivity index (χ1) is 8.31. The summed E-state index contributed by atoms with van der Waals surface area (Å²) in [5.74, 6) is 1.29. The summed E-state index contributed by atoms with van der Waals surface area (Å²) in [5.41, 5.74) is 6.22. The fraction of sp³-hybridized carbons (Fsp3) is 0.273. The van der Waals surface area contributed by atoms with Crippen LogP contribution >= 0.6 is 0 Å². The van der Waals surface area contributed by atoms with Crippen molar-refractivity contribution in [3.63, 3.8) is 0 Å². The van der Waals surface area contributed by atoms with Crippen LogP contribution in [0.1, 0.15) is 5.89 Å². The van der Waals surface area contributed by atoms with Crippen LogP contribution in [0.2, 0.25) is 0 Å². The molecule has 0 saturated carbocycles. The van der Waals surface area contributed by atoms with Crippen LogP contribution in [0, 0.1) is 0 Å². The lowest BCUT2D eigenvalue weighted by atomic mass is 10.3. The Labute approximate surface area is 98.8 Å². The number of aromatic nitrogens is 2. The first-order valence-corrected chi connectivity index (χ1v) is 5.25. The van der Waals surface area contributed by atoms with Crippen molar-refractivity contribution in [1.82, 2.24) is 10.2 Å². The van der Waals surface area contributed by atoms with E-state index in [2.05, 4.69) is 15.5 Å². The highest BCUT2D eigenvalue weighted by Gasteiger charge is 2.05. The van der Waals surface area contributed by atoms with Crippen molar-refractivity contribution < 1.29 is 9.15 Å². The lowest BCUT2D eigenvalue weighted by molar-refractivity contribution is 0.415. The molecule has 0 saturated heterocycles. The SMILES string of the molecule is COc1cccc(Nc2nnc(CCN)o2)c1. The summed E-state index contributed by atoms with van der Waals surface area (Å²) in [6.07, 6.45) is 0.576. The molecule has 0 spiro atoms. The second-order valence-electron chi connectivity index (χ2n) is 3.40. The van der Waals surface area contributed by atoms with Gasteiger partial charge in [0.15, 0.2) is 0 Å². The zero-order valence-corrected chi connectivity index (χ0v) is 9.51. The van der Waals surface area contributed by atoms with E-state index in [1.165, 1.54) is 0 Å². The monoisotopic (exact) mass is 234 g/mol. The van der Waals surface area contributed by atoms with E-state index in [1.54, 1.807) is 7.11 Å². The molecule has 0 atom stereocenters. The number of methoxy groups -OCH3 is 1. The van der Waals surface area contributed by atoms with Crippen molar-refractivity contribution in [2.75, 3.05) is 19.0 Å². The van der Waals surface area contributed by atoms with Gasteiger partial charge in [-0.25, -0.2) is 0 Å². The molecule has 0 fully saturated rings. The van der Waals surface area contributed by atoms with E-state index in [0.717, 1.165) is 11.4 Å². The van der Waals surface area contributed by atoms with Crippen LogP contribution in [0.3, 0.4) is 0 Å². The standard InChI is InChI=1S/C11H14N4O2/c1-16-9-4-2-3-8(7-9)13-11-15-14-10(17-11)5-6-12/h2-4,7H,5-6,12H2,1H3,(H,13,15). The molecule has 6 nitrogen and oxygen atoms in total. The predicted octanol–water partition coefficient (Wildman–Crippen LogP) is 1.32. The van der Waals surface area contributed by atoms with Gasteiger partial charge in [-0.3, -0.25) is 0 Å². The minimum Gasteiger partial charge on any atom is -0.497 e. The van der Waals surface area contributed by atoms with Crippen LogP contribution in [0.15, 0.2) is 28.7 Å². The average Bonchev–Trinajstić information content (AvgIpc) is 2.77. The molecule has 0 unspecified atom stereocenters. The fourth-order valence-electron chi connectivity index (χ4n) is 1.35. The lowest BCUT2D eigenvalue weighted by Gasteiger charge is -2.03. The van der Waals surface area contributed by atoms with Crippen LogP contribution in [0.25, 0.3) is 0 Å². The molecule has 1 aromatic heterocycles.